The van der Waals surface area contributed by atoms with Crippen molar-refractivity contribution in [3.63, 3.8) is 0 Å². The van der Waals surface area contributed by atoms with Crippen molar-refractivity contribution in [2.75, 3.05) is 5.73 Å². The molecule has 0 radical (unpaired) electrons. The van der Waals surface area contributed by atoms with Gasteiger partial charge in [-0.15, -0.1) is 0 Å². The minimum atomic E-state index is -3.73. The summed E-state index contributed by atoms with van der Waals surface area (Å²) in [7, 11) is -3.73. The van der Waals surface area contributed by atoms with Crippen LogP contribution < -0.4 is 5.73 Å². The molecule has 3 N–H and O–H groups in total. The fraction of sp³-hybridized carbons (Fsp3) is 0.538. The zero-order valence-corrected chi connectivity index (χ0v) is 11.7. The Hall–Kier alpha value is -1.18. The summed E-state index contributed by atoms with van der Waals surface area (Å²) in [6.07, 6.45) is 1.96. The van der Waals surface area contributed by atoms with E-state index in [1.165, 1.54) is 16.4 Å². The highest BCUT2D eigenvalue weighted by Crippen LogP contribution is 2.39. The van der Waals surface area contributed by atoms with Crippen LogP contribution >= 0.6 is 0 Å². The molecule has 5 nitrogen and oxygen atoms in total. The number of piperidine rings is 1. The molecule has 2 aliphatic heterocycles. The molecule has 2 saturated heterocycles. The van der Waals surface area contributed by atoms with Crippen molar-refractivity contribution < 1.29 is 17.9 Å². The maximum atomic E-state index is 13.5. The van der Waals surface area contributed by atoms with Gasteiger partial charge in [-0.25, -0.2) is 12.8 Å². The summed E-state index contributed by atoms with van der Waals surface area (Å²) in [5.74, 6) is -0.726. The summed E-state index contributed by atoms with van der Waals surface area (Å²) in [4.78, 5) is -0.0718. The molecule has 0 amide bonds. The van der Waals surface area contributed by atoms with Crippen molar-refractivity contribution in [2.24, 2.45) is 0 Å². The topological polar surface area (TPSA) is 83.6 Å². The van der Waals surface area contributed by atoms with Crippen LogP contribution in [0.4, 0.5) is 10.1 Å². The Morgan fingerprint density at radius 3 is 2.40 bits per heavy atom. The van der Waals surface area contributed by atoms with Gasteiger partial charge in [0, 0.05) is 12.1 Å². The monoisotopic (exact) mass is 300 g/mol. The highest BCUT2D eigenvalue weighted by Gasteiger charge is 2.46. The van der Waals surface area contributed by atoms with Crippen LogP contribution in [0.1, 0.15) is 25.7 Å². The fourth-order valence-electron chi connectivity index (χ4n) is 3.29. The first-order valence-electron chi connectivity index (χ1n) is 6.66. The van der Waals surface area contributed by atoms with E-state index in [-0.39, 0.29) is 22.7 Å². The van der Waals surface area contributed by atoms with E-state index in [0.29, 0.717) is 12.8 Å². The Kier molecular flexibility index (Phi) is 3.23. The molecule has 3 rings (SSSR count). The minimum Gasteiger partial charge on any atom is -0.396 e. The molecule has 0 saturated carbocycles. The van der Waals surface area contributed by atoms with E-state index in [2.05, 4.69) is 0 Å². The van der Waals surface area contributed by atoms with Gasteiger partial charge in [-0.3, -0.25) is 0 Å². The molecule has 2 aliphatic rings. The number of aliphatic hydroxyl groups is 1. The van der Waals surface area contributed by atoms with Crippen LogP contribution in [0.15, 0.2) is 23.1 Å². The second-order valence-electron chi connectivity index (χ2n) is 5.53. The number of halogens is 1. The molecule has 2 bridgehead atoms. The van der Waals surface area contributed by atoms with Gasteiger partial charge in [0.1, 0.15) is 5.82 Å². The van der Waals surface area contributed by atoms with Crippen LogP contribution in [0.5, 0.6) is 0 Å². The smallest absolute Gasteiger partial charge is 0.243 e. The molecule has 1 aromatic carbocycles. The first-order chi connectivity index (χ1) is 9.39. The van der Waals surface area contributed by atoms with E-state index < -0.39 is 21.9 Å². The third kappa shape index (κ3) is 2.10. The number of anilines is 1. The maximum Gasteiger partial charge on any atom is 0.243 e. The van der Waals surface area contributed by atoms with Crippen molar-refractivity contribution in [1.29, 1.82) is 0 Å². The van der Waals surface area contributed by atoms with Crippen LogP contribution in [-0.4, -0.2) is 36.0 Å². The summed E-state index contributed by atoms with van der Waals surface area (Å²) in [6, 6.07) is 3.19. The average Bonchev–Trinajstić information content (AvgIpc) is 2.66. The Balaban J connectivity index is 1.98. The number of rotatable bonds is 2. The van der Waals surface area contributed by atoms with Crippen molar-refractivity contribution in [3.8, 4) is 0 Å². The molecule has 2 fully saturated rings. The number of nitrogens with zero attached hydrogens (tertiary/aromatic N) is 1. The summed E-state index contributed by atoms with van der Waals surface area (Å²) in [6.45, 7) is 0. The molecular weight excluding hydrogens is 283 g/mol. The number of fused-ring (bicyclic) bond motifs is 2. The lowest BCUT2D eigenvalue weighted by atomic mass is 10.0. The molecule has 110 valence electrons. The molecule has 0 spiro atoms. The number of hydrogen-bond acceptors (Lipinski definition) is 4. The van der Waals surface area contributed by atoms with Crippen LogP contribution in [0, 0.1) is 5.82 Å². The highest BCUT2D eigenvalue weighted by molar-refractivity contribution is 7.89. The van der Waals surface area contributed by atoms with E-state index in [1.807, 2.05) is 0 Å². The maximum absolute atomic E-state index is 13.5. The fourth-order valence-corrected chi connectivity index (χ4v) is 5.19. The van der Waals surface area contributed by atoms with Crippen molar-refractivity contribution >= 4 is 15.7 Å². The number of hydrogen-bond donors (Lipinski definition) is 2. The summed E-state index contributed by atoms with van der Waals surface area (Å²) in [5, 5.41) is 9.73. The van der Waals surface area contributed by atoms with Gasteiger partial charge in [0.25, 0.3) is 0 Å². The minimum absolute atomic E-state index is 0.0685. The van der Waals surface area contributed by atoms with E-state index in [4.69, 9.17) is 5.73 Å². The first kappa shape index (κ1) is 13.8. The van der Waals surface area contributed by atoms with Crippen LogP contribution in [-0.2, 0) is 10.0 Å². The lowest BCUT2D eigenvalue weighted by Crippen LogP contribution is -2.47. The summed E-state index contributed by atoms with van der Waals surface area (Å²) >= 11 is 0. The van der Waals surface area contributed by atoms with Crippen LogP contribution in [0.25, 0.3) is 0 Å². The van der Waals surface area contributed by atoms with Crippen LogP contribution in [0.3, 0.4) is 0 Å². The van der Waals surface area contributed by atoms with Gasteiger partial charge in [-0.1, -0.05) is 0 Å². The largest absolute Gasteiger partial charge is 0.396 e. The van der Waals surface area contributed by atoms with E-state index in [9.17, 15) is 17.9 Å². The second-order valence-corrected chi connectivity index (χ2v) is 7.37. The number of benzene rings is 1. The highest BCUT2D eigenvalue weighted by atomic mass is 32.2. The molecule has 0 aliphatic carbocycles. The van der Waals surface area contributed by atoms with E-state index >= 15 is 0 Å². The molecular formula is C13H17FN2O3S. The Labute approximate surface area is 117 Å². The van der Waals surface area contributed by atoms with Gasteiger partial charge in [0.2, 0.25) is 10.0 Å². The Morgan fingerprint density at radius 2 is 1.85 bits per heavy atom. The summed E-state index contributed by atoms with van der Waals surface area (Å²) in [5.41, 5.74) is 5.31. The van der Waals surface area contributed by atoms with Crippen molar-refractivity contribution in [2.45, 2.75) is 48.8 Å². The second kappa shape index (κ2) is 4.68. The lowest BCUT2D eigenvalue weighted by Gasteiger charge is -2.36. The van der Waals surface area contributed by atoms with Gasteiger partial charge >= 0.3 is 0 Å². The lowest BCUT2D eigenvalue weighted by molar-refractivity contribution is 0.0768. The quantitative estimate of drug-likeness (QED) is 0.801. The van der Waals surface area contributed by atoms with Crippen molar-refractivity contribution in [3.05, 3.63) is 24.0 Å². The molecule has 7 heteroatoms. The number of aliphatic hydroxyl groups excluding tert-OH is 1. The SMILES string of the molecule is Nc1ccc(S(=O)(=O)N2C3CCC2CC(O)C3)cc1F. The zero-order chi connectivity index (χ0) is 14.5. The predicted molar refractivity (Wildman–Crippen MR) is 71.9 cm³/mol. The molecule has 2 unspecified atom stereocenters. The zero-order valence-electron chi connectivity index (χ0n) is 10.9. The van der Waals surface area contributed by atoms with Gasteiger partial charge in [-0.05, 0) is 43.9 Å². The first-order valence-corrected chi connectivity index (χ1v) is 8.10. The molecule has 2 heterocycles. The molecule has 20 heavy (non-hydrogen) atoms. The third-order valence-corrected chi connectivity index (χ3v) is 6.19. The standard InChI is InChI=1S/C13H17FN2O3S/c14-12-7-11(3-4-13(12)15)20(18,19)16-8-1-2-9(16)6-10(17)5-8/h3-4,7-10,17H,1-2,5-6,15H2. The molecule has 1 aromatic rings. The van der Waals surface area contributed by atoms with Gasteiger partial charge in [0.05, 0.1) is 16.7 Å². The Bertz CT molecular complexity index is 621. The number of nitrogen functional groups attached to an aromatic ring is 1. The van der Waals surface area contributed by atoms with Gasteiger partial charge < -0.3 is 10.8 Å². The third-order valence-electron chi connectivity index (χ3n) is 4.19. The average molecular weight is 300 g/mol. The normalized spacial score (nSPS) is 30.6. The summed E-state index contributed by atoms with van der Waals surface area (Å²) < 4.78 is 40.3. The number of sulfonamides is 1. The van der Waals surface area contributed by atoms with Gasteiger partial charge in [0.15, 0.2) is 0 Å². The van der Waals surface area contributed by atoms with Crippen LogP contribution in [0.2, 0.25) is 0 Å². The van der Waals surface area contributed by atoms with E-state index in [1.54, 1.807) is 0 Å². The Morgan fingerprint density at radius 1 is 1.25 bits per heavy atom. The van der Waals surface area contributed by atoms with Crippen molar-refractivity contribution in [1.82, 2.24) is 4.31 Å². The van der Waals surface area contributed by atoms with E-state index in [0.717, 1.165) is 18.9 Å². The number of nitrogens with two attached hydrogens (primary N) is 1. The molecule has 0 aromatic heterocycles. The predicted octanol–water partition coefficient (Wildman–Crippen LogP) is 1.08. The van der Waals surface area contributed by atoms with Gasteiger partial charge in [-0.2, -0.15) is 4.31 Å². The molecule has 2 atom stereocenters.